The van der Waals surface area contributed by atoms with Gasteiger partial charge < -0.3 is 10.4 Å². The Morgan fingerprint density at radius 3 is 2.75 bits per heavy atom. The summed E-state index contributed by atoms with van der Waals surface area (Å²) in [5.74, 6) is 0. The lowest BCUT2D eigenvalue weighted by Gasteiger charge is -2.25. The molecule has 0 radical (unpaired) electrons. The molecule has 0 aliphatic heterocycles. The fourth-order valence-corrected chi connectivity index (χ4v) is 2.03. The van der Waals surface area contributed by atoms with Crippen LogP contribution in [-0.4, -0.2) is 26.4 Å². The van der Waals surface area contributed by atoms with Crippen LogP contribution in [-0.2, 0) is 12.6 Å². The third-order valence-electron chi connectivity index (χ3n) is 3.33. The van der Waals surface area contributed by atoms with E-state index in [1.54, 1.807) is 30.1 Å². The lowest BCUT2D eigenvalue weighted by Crippen LogP contribution is -2.36. The molecule has 5 nitrogen and oxygen atoms in total. The molecule has 2 heterocycles. The minimum absolute atomic E-state index is 0.0721. The summed E-state index contributed by atoms with van der Waals surface area (Å²) >= 11 is 5.77. The maximum atomic E-state index is 10.5. The van der Waals surface area contributed by atoms with E-state index >= 15 is 0 Å². The number of nitrogens with one attached hydrogen (secondary N) is 1. The van der Waals surface area contributed by atoms with Crippen molar-refractivity contribution in [1.82, 2.24) is 20.1 Å². The number of aromatic nitrogens is 3. The quantitative estimate of drug-likeness (QED) is 0.828. The second-order valence-electron chi connectivity index (χ2n) is 5.19. The fourth-order valence-electron chi connectivity index (χ4n) is 1.91. The Morgan fingerprint density at radius 1 is 1.45 bits per heavy atom. The molecular formula is C14H19ClN4O. The molecule has 108 valence electrons. The van der Waals surface area contributed by atoms with Crippen molar-refractivity contribution >= 4 is 11.6 Å². The van der Waals surface area contributed by atoms with Crippen molar-refractivity contribution in [2.24, 2.45) is 7.05 Å². The number of aliphatic hydroxyl groups is 1. The Balaban J connectivity index is 1.98. The van der Waals surface area contributed by atoms with E-state index in [4.69, 9.17) is 11.6 Å². The van der Waals surface area contributed by atoms with E-state index in [2.05, 4.69) is 15.4 Å². The van der Waals surface area contributed by atoms with Crippen molar-refractivity contribution in [2.45, 2.75) is 25.5 Å². The van der Waals surface area contributed by atoms with E-state index in [1.165, 1.54) is 0 Å². The summed E-state index contributed by atoms with van der Waals surface area (Å²) in [7, 11) is 1.83. The van der Waals surface area contributed by atoms with Crippen LogP contribution in [0.5, 0.6) is 0 Å². The smallest absolute Gasteiger partial charge is 0.129 e. The molecule has 2 aromatic heterocycles. The number of hydrogen-bond acceptors (Lipinski definition) is 4. The molecule has 0 aliphatic carbocycles. The summed E-state index contributed by atoms with van der Waals surface area (Å²) in [6.45, 7) is 4.20. The fraction of sp³-hybridized carbons (Fsp3) is 0.429. The Morgan fingerprint density at radius 2 is 2.20 bits per heavy atom. The molecule has 0 spiro atoms. The van der Waals surface area contributed by atoms with Gasteiger partial charge in [0.15, 0.2) is 0 Å². The molecule has 0 amide bonds. The molecule has 2 unspecified atom stereocenters. The monoisotopic (exact) mass is 294 g/mol. The molecule has 6 heteroatoms. The topological polar surface area (TPSA) is 63.0 Å². The number of nitrogens with zero attached hydrogens (tertiary/aromatic N) is 3. The van der Waals surface area contributed by atoms with E-state index in [-0.39, 0.29) is 6.04 Å². The van der Waals surface area contributed by atoms with Gasteiger partial charge in [0, 0.05) is 37.6 Å². The van der Waals surface area contributed by atoms with Gasteiger partial charge in [0.25, 0.3) is 0 Å². The largest absolute Gasteiger partial charge is 0.384 e. The van der Waals surface area contributed by atoms with Crippen molar-refractivity contribution in [3.63, 3.8) is 0 Å². The van der Waals surface area contributed by atoms with Crippen LogP contribution in [0.4, 0.5) is 0 Å². The van der Waals surface area contributed by atoms with Gasteiger partial charge in [-0.05, 0) is 25.5 Å². The second kappa shape index (κ2) is 5.91. The van der Waals surface area contributed by atoms with Gasteiger partial charge in [-0.25, -0.2) is 4.98 Å². The molecule has 0 saturated carbocycles. The predicted octanol–water partition coefficient (Wildman–Crippen LogP) is 2.03. The van der Waals surface area contributed by atoms with Gasteiger partial charge in [0.2, 0.25) is 0 Å². The second-order valence-corrected chi connectivity index (χ2v) is 5.58. The first kappa shape index (κ1) is 15.0. The van der Waals surface area contributed by atoms with Gasteiger partial charge in [-0.15, -0.1) is 0 Å². The first-order valence-corrected chi connectivity index (χ1v) is 6.82. The van der Waals surface area contributed by atoms with Gasteiger partial charge in [-0.3, -0.25) is 4.68 Å². The van der Waals surface area contributed by atoms with Crippen LogP contribution in [0.15, 0.2) is 30.7 Å². The highest BCUT2D eigenvalue weighted by Crippen LogP contribution is 2.20. The first-order valence-electron chi connectivity index (χ1n) is 6.45. The molecule has 20 heavy (non-hydrogen) atoms. The summed E-state index contributed by atoms with van der Waals surface area (Å²) in [5.41, 5.74) is 0.841. The van der Waals surface area contributed by atoms with Crippen LogP contribution in [0.1, 0.15) is 31.0 Å². The first-order chi connectivity index (χ1) is 9.38. The molecule has 2 aromatic rings. The van der Waals surface area contributed by atoms with E-state index in [1.807, 2.05) is 26.2 Å². The third kappa shape index (κ3) is 3.56. The maximum Gasteiger partial charge on any atom is 0.129 e. The van der Waals surface area contributed by atoms with Gasteiger partial charge in [-0.2, -0.15) is 5.10 Å². The summed E-state index contributed by atoms with van der Waals surface area (Å²) in [6, 6.07) is 3.75. The van der Waals surface area contributed by atoms with Crippen molar-refractivity contribution in [3.8, 4) is 0 Å². The Kier molecular flexibility index (Phi) is 4.42. The summed E-state index contributed by atoms with van der Waals surface area (Å²) in [5, 5.41) is 18.3. The lowest BCUT2D eigenvalue weighted by molar-refractivity contribution is 0.0543. The van der Waals surface area contributed by atoms with Crippen LogP contribution in [0, 0.1) is 0 Å². The average molecular weight is 295 g/mol. The van der Waals surface area contributed by atoms with Crippen molar-refractivity contribution < 1.29 is 5.11 Å². The SMILES string of the molecule is CC(NCC(C)(O)c1cnn(C)c1)c1ccc(Cl)nc1. The molecule has 0 aromatic carbocycles. The number of hydrogen-bond donors (Lipinski definition) is 2. The minimum atomic E-state index is -0.970. The van der Waals surface area contributed by atoms with Crippen molar-refractivity contribution in [1.29, 1.82) is 0 Å². The van der Waals surface area contributed by atoms with Gasteiger partial charge in [0.1, 0.15) is 10.8 Å². The number of pyridine rings is 1. The zero-order valence-corrected chi connectivity index (χ0v) is 12.6. The Hall–Kier alpha value is -1.43. The third-order valence-corrected chi connectivity index (χ3v) is 3.55. The molecular weight excluding hydrogens is 276 g/mol. The van der Waals surface area contributed by atoms with Crippen LogP contribution in [0.2, 0.25) is 5.15 Å². The van der Waals surface area contributed by atoms with E-state index in [9.17, 15) is 5.11 Å². The van der Waals surface area contributed by atoms with E-state index < -0.39 is 5.60 Å². The zero-order valence-electron chi connectivity index (χ0n) is 11.8. The van der Waals surface area contributed by atoms with Crippen molar-refractivity contribution in [2.75, 3.05) is 6.54 Å². The predicted molar refractivity (Wildman–Crippen MR) is 78.4 cm³/mol. The lowest BCUT2D eigenvalue weighted by atomic mass is 9.99. The molecule has 0 saturated heterocycles. The Bertz CT molecular complexity index is 565. The number of rotatable bonds is 5. The van der Waals surface area contributed by atoms with E-state index in [0.29, 0.717) is 11.7 Å². The molecule has 2 atom stereocenters. The standard InChI is InChI=1S/C14H19ClN4O/c1-10(11-4-5-13(15)16-6-11)17-9-14(2,20)12-7-18-19(3)8-12/h4-8,10,17,20H,9H2,1-3H3. The minimum Gasteiger partial charge on any atom is -0.384 e. The molecule has 0 bridgehead atoms. The van der Waals surface area contributed by atoms with Crippen LogP contribution < -0.4 is 5.32 Å². The summed E-state index contributed by atoms with van der Waals surface area (Å²) in [4.78, 5) is 4.06. The molecule has 0 fully saturated rings. The normalized spacial score (nSPS) is 15.8. The summed E-state index contributed by atoms with van der Waals surface area (Å²) < 4.78 is 1.68. The highest BCUT2D eigenvalue weighted by atomic mass is 35.5. The van der Waals surface area contributed by atoms with Crippen LogP contribution >= 0.6 is 11.6 Å². The van der Waals surface area contributed by atoms with Gasteiger partial charge in [0.05, 0.1) is 6.20 Å². The Labute approximate surface area is 123 Å². The highest BCUT2D eigenvalue weighted by Gasteiger charge is 2.25. The number of aryl methyl sites for hydroxylation is 1. The maximum absolute atomic E-state index is 10.5. The zero-order chi connectivity index (χ0) is 14.8. The van der Waals surface area contributed by atoms with Gasteiger partial charge in [-0.1, -0.05) is 17.7 Å². The van der Waals surface area contributed by atoms with Crippen LogP contribution in [0.3, 0.4) is 0 Å². The number of halogens is 1. The molecule has 2 rings (SSSR count). The van der Waals surface area contributed by atoms with E-state index in [0.717, 1.165) is 11.1 Å². The average Bonchev–Trinajstić information content (AvgIpc) is 2.84. The van der Waals surface area contributed by atoms with Crippen molar-refractivity contribution in [3.05, 3.63) is 47.0 Å². The van der Waals surface area contributed by atoms with Crippen LogP contribution in [0.25, 0.3) is 0 Å². The molecule has 2 N–H and O–H groups in total. The summed E-state index contributed by atoms with van der Waals surface area (Å²) in [6.07, 6.45) is 5.23. The highest BCUT2D eigenvalue weighted by molar-refractivity contribution is 6.29. The van der Waals surface area contributed by atoms with Gasteiger partial charge >= 0.3 is 0 Å². The molecule has 0 aliphatic rings.